The van der Waals surface area contributed by atoms with Crippen LogP contribution in [0.5, 0.6) is 5.75 Å². The van der Waals surface area contributed by atoms with Crippen molar-refractivity contribution in [2.45, 2.75) is 26.4 Å². The summed E-state index contributed by atoms with van der Waals surface area (Å²) in [5.74, 6) is 0.753. The Morgan fingerprint density at radius 1 is 1.31 bits per heavy atom. The van der Waals surface area contributed by atoms with Crippen molar-refractivity contribution in [2.75, 3.05) is 26.8 Å². The van der Waals surface area contributed by atoms with Crippen molar-refractivity contribution in [3.05, 3.63) is 41.4 Å². The van der Waals surface area contributed by atoms with E-state index in [4.69, 9.17) is 21.7 Å². The van der Waals surface area contributed by atoms with Crippen LogP contribution in [0.2, 0.25) is 0 Å². The molecule has 1 saturated heterocycles. The third kappa shape index (κ3) is 4.16. The van der Waals surface area contributed by atoms with Crippen LogP contribution in [-0.2, 0) is 16.2 Å². The lowest BCUT2D eigenvalue weighted by molar-refractivity contribution is -0.930. The Bertz CT molecular complexity index is 797. The quantitative estimate of drug-likeness (QED) is 0.617. The second-order valence-electron chi connectivity index (χ2n) is 6.57. The standard InChI is InChI=1S/C19H25N3O3S/c1-3-25-18(23)15-5-4-10-20(13-15)14-21-11-12-22(19(21)26)16-6-8-17(24-2)9-7-16/h6-9,11-12,15H,3-5,10,13-14H2,1-2H3/p+1/t15-/m1/s1. The Balaban J connectivity index is 1.69. The average molecular weight is 377 g/mol. The largest absolute Gasteiger partial charge is 0.497 e. The fraction of sp³-hybridized carbons (Fsp3) is 0.474. The molecule has 1 unspecified atom stereocenters. The summed E-state index contributed by atoms with van der Waals surface area (Å²) in [7, 11) is 1.65. The van der Waals surface area contributed by atoms with Crippen LogP contribution < -0.4 is 9.64 Å². The van der Waals surface area contributed by atoms with E-state index in [9.17, 15) is 4.79 Å². The van der Waals surface area contributed by atoms with Crippen molar-refractivity contribution in [3.8, 4) is 11.4 Å². The predicted octanol–water partition coefficient (Wildman–Crippen LogP) is 1.83. The topological polar surface area (TPSA) is 49.8 Å². The molecule has 6 nitrogen and oxygen atoms in total. The summed E-state index contributed by atoms with van der Waals surface area (Å²) < 4.78 is 15.2. The molecule has 1 N–H and O–H groups in total. The van der Waals surface area contributed by atoms with Crippen molar-refractivity contribution in [3.63, 3.8) is 0 Å². The maximum absolute atomic E-state index is 12.0. The molecule has 26 heavy (non-hydrogen) atoms. The van der Waals surface area contributed by atoms with Gasteiger partial charge < -0.3 is 14.4 Å². The molecule has 1 aromatic carbocycles. The molecule has 1 aliphatic heterocycles. The zero-order valence-electron chi connectivity index (χ0n) is 15.3. The van der Waals surface area contributed by atoms with Crippen molar-refractivity contribution >= 4 is 18.2 Å². The summed E-state index contributed by atoms with van der Waals surface area (Å²) in [5.41, 5.74) is 1.01. The molecule has 0 bridgehead atoms. The number of esters is 1. The van der Waals surface area contributed by atoms with E-state index in [2.05, 4.69) is 4.57 Å². The summed E-state index contributed by atoms with van der Waals surface area (Å²) >= 11 is 5.65. The number of piperidine rings is 1. The summed E-state index contributed by atoms with van der Waals surface area (Å²) in [4.78, 5) is 13.4. The van der Waals surface area contributed by atoms with Crippen LogP contribution >= 0.6 is 12.2 Å². The number of ether oxygens (including phenoxy) is 2. The Morgan fingerprint density at radius 3 is 2.77 bits per heavy atom. The lowest BCUT2D eigenvalue weighted by atomic mass is 9.99. The first-order chi connectivity index (χ1) is 12.6. The lowest BCUT2D eigenvalue weighted by Gasteiger charge is -2.28. The number of methoxy groups -OCH3 is 1. The molecule has 0 saturated carbocycles. The number of carbonyl (C=O) groups excluding carboxylic acids is 1. The number of nitrogens with one attached hydrogen (secondary N) is 1. The Labute approximate surface area is 158 Å². The monoisotopic (exact) mass is 376 g/mol. The molecule has 1 aliphatic rings. The normalized spacial score (nSPS) is 19.9. The molecule has 2 aromatic rings. The van der Waals surface area contributed by atoms with Gasteiger partial charge in [-0.15, -0.1) is 0 Å². The number of benzene rings is 1. The highest BCUT2D eigenvalue weighted by atomic mass is 32.1. The number of hydrogen-bond donors (Lipinski definition) is 1. The van der Waals surface area contributed by atoms with Gasteiger partial charge in [-0.25, -0.2) is 0 Å². The van der Waals surface area contributed by atoms with Gasteiger partial charge in [-0.2, -0.15) is 0 Å². The number of nitrogens with zero attached hydrogens (tertiary/aromatic N) is 2. The highest BCUT2D eigenvalue weighted by Crippen LogP contribution is 2.16. The van der Waals surface area contributed by atoms with Gasteiger partial charge in [-0.05, 0) is 56.2 Å². The second kappa shape index (κ2) is 8.51. The Morgan fingerprint density at radius 2 is 2.08 bits per heavy atom. The molecule has 1 fully saturated rings. The molecule has 7 heteroatoms. The number of rotatable bonds is 6. The third-order valence-corrected chi connectivity index (χ3v) is 5.26. The zero-order chi connectivity index (χ0) is 18.5. The van der Waals surface area contributed by atoms with Crippen LogP contribution in [0.4, 0.5) is 0 Å². The van der Waals surface area contributed by atoms with E-state index < -0.39 is 0 Å². The maximum Gasteiger partial charge on any atom is 0.314 e. The first-order valence-electron chi connectivity index (χ1n) is 9.04. The van der Waals surface area contributed by atoms with Gasteiger partial charge in [0.15, 0.2) is 11.4 Å². The SMILES string of the molecule is CCOC(=O)[C@@H]1CCC[NH+](Cn2ccn(-c3ccc(OC)cc3)c2=S)C1. The van der Waals surface area contributed by atoms with Gasteiger partial charge in [-0.1, -0.05) is 0 Å². The highest BCUT2D eigenvalue weighted by Gasteiger charge is 2.29. The third-order valence-electron chi connectivity index (χ3n) is 4.83. The molecule has 2 atom stereocenters. The van der Waals surface area contributed by atoms with Crippen molar-refractivity contribution < 1.29 is 19.2 Å². The van der Waals surface area contributed by atoms with Crippen LogP contribution in [-0.4, -0.2) is 41.9 Å². The predicted molar refractivity (Wildman–Crippen MR) is 101 cm³/mol. The van der Waals surface area contributed by atoms with E-state index in [0.29, 0.717) is 6.61 Å². The molecule has 2 heterocycles. The fourth-order valence-electron chi connectivity index (χ4n) is 3.47. The molecule has 140 valence electrons. The number of carbonyl (C=O) groups is 1. The van der Waals surface area contributed by atoms with Crippen LogP contribution in [0.15, 0.2) is 36.7 Å². The Kier molecular flexibility index (Phi) is 6.11. The van der Waals surface area contributed by atoms with E-state index >= 15 is 0 Å². The summed E-state index contributed by atoms with van der Waals surface area (Å²) in [6.45, 7) is 4.91. The zero-order valence-corrected chi connectivity index (χ0v) is 16.1. The molecular weight excluding hydrogens is 350 g/mol. The molecule has 0 amide bonds. The van der Waals surface area contributed by atoms with Crippen LogP contribution in [0.3, 0.4) is 0 Å². The van der Waals surface area contributed by atoms with E-state index in [1.54, 1.807) is 7.11 Å². The smallest absolute Gasteiger partial charge is 0.314 e. The van der Waals surface area contributed by atoms with Gasteiger partial charge in [-0.3, -0.25) is 13.9 Å². The number of imidazole rings is 1. The van der Waals surface area contributed by atoms with Gasteiger partial charge in [0.05, 0.1) is 26.8 Å². The highest BCUT2D eigenvalue weighted by molar-refractivity contribution is 7.71. The molecular formula is C19H26N3O3S+. The number of quaternary nitrogens is 1. The van der Waals surface area contributed by atoms with Crippen molar-refractivity contribution in [2.24, 2.45) is 5.92 Å². The van der Waals surface area contributed by atoms with Crippen molar-refractivity contribution in [1.29, 1.82) is 0 Å². The molecule has 0 radical (unpaired) electrons. The van der Waals surface area contributed by atoms with Gasteiger partial charge in [0.1, 0.15) is 11.7 Å². The maximum atomic E-state index is 12.0. The summed E-state index contributed by atoms with van der Waals surface area (Å²) in [5, 5.41) is 0. The average Bonchev–Trinajstić information content (AvgIpc) is 3.03. The number of likely N-dealkylation sites (tertiary alicyclic amines) is 1. The minimum atomic E-state index is -0.0656. The molecule has 0 spiro atoms. The minimum absolute atomic E-state index is 0.00320. The second-order valence-corrected chi connectivity index (χ2v) is 6.94. The minimum Gasteiger partial charge on any atom is -0.497 e. The van der Waals surface area contributed by atoms with E-state index in [0.717, 1.165) is 48.8 Å². The van der Waals surface area contributed by atoms with Crippen LogP contribution in [0.25, 0.3) is 5.69 Å². The molecule has 3 rings (SSSR count). The lowest BCUT2D eigenvalue weighted by Crippen LogP contribution is -3.13. The first-order valence-corrected chi connectivity index (χ1v) is 9.45. The van der Waals surface area contributed by atoms with Gasteiger partial charge in [0.25, 0.3) is 0 Å². The first kappa shape index (κ1) is 18.7. The Hall–Kier alpha value is -2.12. The molecule has 0 aliphatic carbocycles. The molecule has 1 aromatic heterocycles. The summed E-state index contributed by atoms with van der Waals surface area (Å²) in [6.07, 6.45) is 5.94. The summed E-state index contributed by atoms with van der Waals surface area (Å²) in [6, 6.07) is 7.83. The van der Waals surface area contributed by atoms with E-state index in [1.165, 1.54) is 4.90 Å². The van der Waals surface area contributed by atoms with Gasteiger partial charge >= 0.3 is 5.97 Å². The van der Waals surface area contributed by atoms with E-state index in [1.807, 2.05) is 48.1 Å². The van der Waals surface area contributed by atoms with E-state index in [-0.39, 0.29) is 11.9 Å². The van der Waals surface area contributed by atoms with Crippen molar-refractivity contribution in [1.82, 2.24) is 9.13 Å². The van der Waals surface area contributed by atoms with Crippen LogP contribution in [0, 0.1) is 10.7 Å². The van der Waals surface area contributed by atoms with Gasteiger partial charge in [0, 0.05) is 18.1 Å². The number of aromatic nitrogens is 2. The van der Waals surface area contributed by atoms with Gasteiger partial charge in [0.2, 0.25) is 0 Å². The fourth-order valence-corrected chi connectivity index (χ4v) is 3.76. The number of hydrogen-bond acceptors (Lipinski definition) is 4. The van der Waals surface area contributed by atoms with Crippen LogP contribution in [0.1, 0.15) is 19.8 Å².